The number of aromatic nitrogens is 6. The van der Waals surface area contributed by atoms with Crippen molar-refractivity contribution in [1.29, 1.82) is 0 Å². The lowest BCUT2D eigenvalue weighted by molar-refractivity contribution is -0.141. The highest BCUT2D eigenvalue weighted by molar-refractivity contribution is 5.38. The molecule has 1 aliphatic rings. The summed E-state index contributed by atoms with van der Waals surface area (Å²) < 4.78 is 41.1. The van der Waals surface area contributed by atoms with Crippen molar-refractivity contribution in [2.75, 3.05) is 37.6 Å². The van der Waals surface area contributed by atoms with Crippen LogP contribution in [-0.2, 0) is 12.7 Å². The van der Waals surface area contributed by atoms with Crippen molar-refractivity contribution in [2.45, 2.75) is 26.6 Å². The van der Waals surface area contributed by atoms with E-state index in [4.69, 9.17) is 0 Å². The molecule has 1 aliphatic heterocycles. The summed E-state index contributed by atoms with van der Waals surface area (Å²) in [5.41, 5.74) is 0.620. The zero-order valence-corrected chi connectivity index (χ0v) is 17.7. The highest BCUT2D eigenvalue weighted by atomic mass is 19.4. The van der Waals surface area contributed by atoms with Crippen LogP contribution in [0.25, 0.3) is 5.82 Å². The zero-order chi connectivity index (χ0) is 22.9. The van der Waals surface area contributed by atoms with Crippen molar-refractivity contribution < 1.29 is 13.2 Å². The average molecular weight is 448 g/mol. The van der Waals surface area contributed by atoms with Crippen molar-refractivity contribution in [3.8, 4) is 5.82 Å². The Morgan fingerprint density at radius 1 is 0.906 bits per heavy atom. The number of piperazine rings is 1. The third kappa shape index (κ3) is 4.79. The van der Waals surface area contributed by atoms with Crippen LogP contribution in [0.2, 0.25) is 0 Å². The molecule has 0 N–H and O–H groups in total. The molecule has 1 saturated heterocycles. The number of aryl methyl sites for hydroxylation is 2. The lowest BCUT2D eigenvalue weighted by Crippen LogP contribution is -2.48. The summed E-state index contributed by atoms with van der Waals surface area (Å²) in [5.74, 6) is 1.01. The van der Waals surface area contributed by atoms with Crippen LogP contribution in [0, 0.1) is 13.8 Å². The molecule has 0 amide bonds. The fraction of sp³-hybridized carbons (Fsp3) is 0.450. The Hall–Kier alpha value is -3.28. The molecule has 32 heavy (non-hydrogen) atoms. The molecule has 3 aromatic heterocycles. The minimum atomic E-state index is -4.50. The van der Waals surface area contributed by atoms with Crippen molar-refractivity contribution in [1.82, 2.24) is 34.7 Å². The number of alkyl halides is 3. The maximum atomic E-state index is 12.7. The molecule has 12 heteroatoms. The van der Waals surface area contributed by atoms with Gasteiger partial charge in [0.1, 0.15) is 0 Å². The van der Waals surface area contributed by atoms with Gasteiger partial charge < -0.3 is 4.90 Å². The van der Waals surface area contributed by atoms with Crippen molar-refractivity contribution in [3.05, 3.63) is 57.8 Å². The van der Waals surface area contributed by atoms with E-state index in [0.29, 0.717) is 50.9 Å². The van der Waals surface area contributed by atoms with Crippen molar-refractivity contribution >= 4 is 5.82 Å². The van der Waals surface area contributed by atoms with E-state index in [1.807, 2.05) is 24.8 Å². The molecule has 170 valence electrons. The van der Waals surface area contributed by atoms with Gasteiger partial charge in [0, 0.05) is 44.5 Å². The second-order valence-electron chi connectivity index (χ2n) is 7.70. The second-order valence-corrected chi connectivity index (χ2v) is 7.70. The minimum absolute atomic E-state index is 0.186. The SMILES string of the molecule is Cc1cc(C)n(-c2ccc(=O)n(CCN3CCN(c4ccc(C(F)(F)F)nn4)CC3)n2)n1. The third-order valence-electron chi connectivity index (χ3n) is 5.34. The molecule has 3 aromatic rings. The first-order valence-corrected chi connectivity index (χ1v) is 10.2. The van der Waals surface area contributed by atoms with Crippen LogP contribution in [0.4, 0.5) is 19.0 Å². The number of halogens is 3. The summed E-state index contributed by atoms with van der Waals surface area (Å²) >= 11 is 0. The van der Waals surface area contributed by atoms with E-state index in [1.165, 1.54) is 16.8 Å². The summed E-state index contributed by atoms with van der Waals surface area (Å²) in [5, 5.41) is 15.9. The molecule has 0 saturated carbocycles. The topological polar surface area (TPSA) is 85.0 Å². The fourth-order valence-electron chi connectivity index (χ4n) is 3.65. The molecule has 0 unspecified atom stereocenters. The van der Waals surface area contributed by atoms with Gasteiger partial charge >= 0.3 is 6.18 Å². The molecule has 0 radical (unpaired) electrons. The monoisotopic (exact) mass is 448 g/mol. The van der Waals surface area contributed by atoms with Crippen LogP contribution in [0.3, 0.4) is 0 Å². The van der Waals surface area contributed by atoms with E-state index in [0.717, 1.165) is 17.5 Å². The zero-order valence-electron chi connectivity index (χ0n) is 17.7. The van der Waals surface area contributed by atoms with E-state index in [-0.39, 0.29) is 5.56 Å². The van der Waals surface area contributed by atoms with Crippen LogP contribution in [0.15, 0.2) is 35.1 Å². The largest absolute Gasteiger partial charge is 0.435 e. The molecular formula is C20H23F3N8O. The standard InChI is InChI=1S/C20H23F3N8O/c1-14-13-15(2)31(26-14)18-5-6-19(32)30(27-18)12-9-28-7-10-29(11-8-28)17-4-3-16(24-25-17)20(21,22)23/h3-6,13H,7-12H2,1-2H3. The van der Waals surface area contributed by atoms with Crippen molar-refractivity contribution in [3.63, 3.8) is 0 Å². The molecule has 1 fully saturated rings. The summed E-state index contributed by atoms with van der Waals surface area (Å²) in [6.07, 6.45) is -4.50. The summed E-state index contributed by atoms with van der Waals surface area (Å²) in [7, 11) is 0. The Balaban J connectivity index is 1.35. The number of rotatable bonds is 5. The number of hydrogen-bond donors (Lipinski definition) is 0. The smallest absolute Gasteiger partial charge is 0.353 e. The van der Waals surface area contributed by atoms with Gasteiger partial charge in [-0.15, -0.1) is 15.3 Å². The predicted octanol–water partition coefficient (Wildman–Crippen LogP) is 1.68. The van der Waals surface area contributed by atoms with Crippen molar-refractivity contribution in [2.24, 2.45) is 0 Å². The lowest BCUT2D eigenvalue weighted by atomic mass is 10.3. The molecule has 4 heterocycles. The van der Waals surface area contributed by atoms with E-state index >= 15 is 0 Å². The molecule has 0 aromatic carbocycles. The Labute approximate surface area is 182 Å². The van der Waals surface area contributed by atoms with Crippen LogP contribution in [-0.4, -0.2) is 67.4 Å². The van der Waals surface area contributed by atoms with Crippen LogP contribution in [0.1, 0.15) is 17.1 Å². The van der Waals surface area contributed by atoms with Gasteiger partial charge in [0.05, 0.1) is 12.2 Å². The van der Waals surface area contributed by atoms with Gasteiger partial charge in [-0.05, 0) is 38.1 Å². The summed E-state index contributed by atoms with van der Waals surface area (Å²) in [6, 6.07) is 7.38. The minimum Gasteiger partial charge on any atom is -0.353 e. The molecule has 9 nitrogen and oxygen atoms in total. The Morgan fingerprint density at radius 3 is 2.22 bits per heavy atom. The molecular weight excluding hydrogens is 425 g/mol. The maximum absolute atomic E-state index is 12.7. The van der Waals surface area contributed by atoms with E-state index in [1.54, 1.807) is 10.7 Å². The molecule has 0 spiro atoms. The maximum Gasteiger partial charge on any atom is 0.435 e. The fourth-order valence-corrected chi connectivity index (χ4v) is 3.65. The number of anilines is 1. The van der Waals surface area contributed by atoms with E-state index in [9.17, 15) is 18.0 Å². The first-order valence-electron chi connectivity index (χ1n) is 10.2. The first-order chi connectivity index (χ1) is 15.2. The normalized spacial score (nSPS) is 15.3. The van der Waals surface area contributed by atoms with Gasteiger partial charge in [-0.2, -0.15) is 18.3 Å². The van der Waals surface area contributed by atoms with Gasteiger partial charge in [-0.3, -0.25) is 9.69 Å². The highest BCUT2D eigenvalue weighted by Crippen LogP contribution is 2.27. The molecule has 0 atom stereocenters. The van der Waals surface area contributed by atoms with E-state index in [2.05, 4.69) is 25.3 Å². The molecule has 0 aliphatic carbocycles. The first kappa shape index (κ1) is 21.9. The number of hydrogen-bond acceptors (Lipinski definition) is 7. The summed E-state index contributed by atoms with van der Waals surface area (Å²) in [6.45, 7) is 7.46. The predicted molar refractivity (Wildman–Crippen MR) is 111 cm³/mol. The van der Waals surface area contributed by atoms with Gasteiger partial charge in [0.25, 0.3) is 5.56 Å². The quantitative estimate of drug-likeness (QED) is 0.587. The lowest BCUT2D eigenvalue weighted by Gasteiger charge is -2.35. The van der Waals surface area contributed by atoms with Crippen LogP contribution in [0.5, 0.6) is 0 Å². The Morgan fingerprint density at radius 2 is 1.62 bits per heavy atom. The average Bonchev–Trinajstić information content (AvgIpc) is 3.11. The Bertz CT molecular complexity index is 1130. The van der Waals surface area contributed by atoms with Gasteiger partial charge in [0.2, 0.25) is 0 Å². The van der Waals surface area contributed by atoms with Crippen LogP contribution >= 0.6 is 0 Å². The second kappa shape index (κ2) is 8.69. The third-order valence-corrected chi connectivity index (χ3v) is 5.34. The number of nitrogens with zero attached hydrogens (tertiary/aromatic N) is 8. The van der Waals surface area contributed by atoms with Gasteiger partial charge in [-0.1, -0.05) is 0 Å². The highest BCUT2D eigenvalue weighted by Gasteiger charge is 2.33. The van der Waals surface area contributed by atoms with Gasteiger partial charge in [0.15, 0.2) is 17.3 Å². The molecule has 4 rings (SSSR count). The molecule has 0 bridgehead atoms. The van der Waals surface area contributed by atoms with E-state index < -0.39 is 11.9 Å². The summed E-state index contributed by atoms with van der Waals surface area (Å²) in [4.78, 5) is 16.3. The van der Waals surface area contributed by atoms with Gasteiger partial charge in [-0.25, -0.2) is 9.36 Å². The Kier molecular flexibility index (Phi) is 5.96. The van der Waals surface area contributed by atoms with Crippen LogP contribution < -0.4 is 10.5 Å².